The van der Waals surface area contributed by atoms with E-state index in [0.717, 1.165) is 23.7 Å². The average molecular weight is 268 g/mol. The molecule has 100 valence electrons. The number of benzene rings is 1. The minimum Gasteiger partial charge on any atom is -0.495 e. The molecule has 0 radical (unpaired) electrons. The van der Waals surface area contributed by atoms with Gasteiger partial charge in [0.15, 0.2) is 0 Å². The van der Waals surface area contributed by atoms with Gasteiger partial charge in [-0.15, -0.1) is 0 Å². The molecule has 1 fully saturated rings. The van der Waals surface area contributed by atoms with Crippen molar-refractivity contribution in [2.24, 2.45) is 0 Å². The standard InChI is InChI=1S/C15H22ClNO/c1-10-8-14(18-3)15(16)11(2)13(10)9-12-6-4-5-7-17-12/h8,12,17H,4-7,9H2,1-3H3. The summed E-state index contributed by atoms with van der Waals surface area (Å²) in [5.41, 5.74) is 3.82. The minimum atomic E-state index is 0.598. The van der Waals surface area contributed by atoms with Crippen LogP contribution in [-0.4, -0.2) is 19.7 Å². The molecule has 1 N–H and O–H groups in total. The number of halogens is 1. The number of aryl methyl sites for hydroxylation is 1. The van der Waals surface area contributed by atoms with Gasteiger partial charge in [0.05, 0.1) is 12.1 Å². The summed E-state index contributed by atoms with van der Waals surface area (Å²) in [6.45, 7) is 5.38. The Labute approximate surface area is 115 Å². The topological polar surface area (TPSA) is 21.3 Å². The van der Waals surface area contributed by atoms with Gasteiger partial charge in [-0.2, -0.15) is 0 Å². The summed E-state index contributed by atoms with van der Waals surface area (Å²) < 4.78 is 5.30. The Morgan fingerprint density at radius 2 is 2.17 bits per heavy atom. The average Bonchev–Trinajstić information content (AvgIpc) is 2.40. The fourth-order valence-corrected chi connectivity index (χ4v) is 3.01. The molecule has 1 aliphatic rings. The molecule has 0 bridgehead atoms. The molecule has 1 aromatic rings. The van der Waals surface area contributed by atoms with Crippen molar-refractivity contribution in [1.82, 2.24) is 5.32 Å². The molecular weight excluding hydrogens is 246 g/mol. The number of hydrogen-bond acceptors (Lipinski definition) is 2. The third-order valence-corrected chi connectivity index (χ3v) is 4.37. The van der Waals surface area contributed by atoms with E-state index in [4.69, 9.17) is 16.3 Å². The maximum atomic E-state index is 6.34. The van der Waals surface area contributed by atoms with Crippen molar-refractivity contribution in [3.05, 3.63) is 27.8 Å². The SMILES string of the molecule is COc1cc(C)c(CC2CCCCN2)c(C)c1Cl. The highest BCUT2D eigenvalue weighted by Crippen LogP contribution is 2.33. The van der Waals surface area contributed by atoms with Crippen molar-refractivity contribution < 1.29 is 4.74 Å². The van der Waals surface area contributed by atoms with E-state index in [1.807, 2.05) is 6.07 Å². The Bertz CT molecular complexity index is 425. The number of rotatable bonds is 3. The molecule has 1 atom stereocenters. The molecule has 1 unspecified atom stereocenters. The monoisotopic (exact) mass is 267 g/mol. The zero-order valence-corrected chi connectivity index (χ0v) is 12.2. The Morgan fingerprint density at radius 1 is 1.39 bits per heavy atom. The van der Waals surface area contributed by atoms with Crippen LogP contribution in [0.5, 0.6) is 5.75 Å². The van der Waals surface area contributed by atoms with E-state index >= 15 is 0 Å². The molecule has 0 amide bonds. The summed E-state index contributed by atoms with van der Waals surface area (Å²) in [5, 5.41) is 4.35. The number of hydrogen-bond donors (Lipinski definition) is 1. The molecule has 18 heavy (non-hydrogen) atoms. The Balaban J connectivity index is 2.24. The van der Waals surface area contributed by atoms with Crippen molar-refractivity contribution in [2.75, 3.05) is 13.7 Å². The summed E-state index contributed by atoms with van der Waals surface area (Å²) in [6, 6.07) is 2.65. The van der Waals surface area contributed by atoms with Crippen LogP contribution in [0.3, 0.4) is 0 Å². The Hall–Kier alpha value is -0.730. The van der Waals surface area contributed by atoms with Gasteiger partial charge in [-0.05, 0) is 62.4 Å². The van der Waals surface area contributed by atoms with Crippen molar-refractivity contribution in [1.29, 1.82) is 0 Å². The normalized spacial score (nSPS) is 19.9. The lowest BCUT2D eigenvalue weighted by Crippen LogP contribution is -2.35. The number of ether oxygens (including phenoxy) is 1. The fourth-order valence-electron chi connectivity index (χ4n) is 2.77. The van der Waals surface area contributed by atoms with Crippen LogP contribution >= 0.6 is 11.6 Å². The Morgan fingerprint density at radius 3 is 2.78 bits per heavy atom. The van der Waals surface area contributed by atoms with Crippen LogP contribution in [0.4, 0.5) is 0 Å². The summed E-state index contributed by atoms with van der Waals surface area (Å²) in [4.78, 5) is 0. The fraction of sp³-hybridized carbons (Fsp3) is 0.600. The van der Waals surface area contributed by atoms with Gasteiger partial charge in [-0.3, -0.25) is 0 Å². The molecule has 3 heteroatoms. The lowest BCUT2D eigenvalue weighted by Gasteiger charge is -2.25. The summed E-state index contributed by atoms with van der Waals surface area (Å²) in [6.07, 6.45) is 4.97. The van der Waals surface area contributed by atoms with E-state index in [1.54, 1.807) is 7.11 Å². The molecule has 0 spiro atoms. The van der Waals surface area contributed by atoms with E-state index in [0.29, 0.717) is 6.04 Å². The van der Waals surface area contributed by atoms with Crippen molar-refractivity contribution >= 4 is 11.6 Å². The maximum Gasteiger partial charge on any atom is 0.138 e. The molecule has 0 aliphatic carbocycles. The second-order valence-corrected chi connectivity index (χ2v) is 5.54. The number of nitrogens with one attached hydrogen (secondary N) is 1. The molecule has 1 aromatic carbocycles. The van der Waals surface area contributed by atoms with Gasteiger partial charge < -0.3 is 10.1 Å². The molecule has 2 rings (SSSR count). The minimum absolute atomic E-state index is 0.598. The van der Waals surface area contributed by atoms with Gasteiger partial charge in [0, 0.05) is 6.04 Å². The zero-order valence-electron chi connectivity index (χ0n) is 11.5. The van der Waals surface area contributed by atoms with Crippen LogP contribution in [0.25, 0.3) is 0 Å². The summed E-state index contributed by atoms with van der Waals surface area (Å²) >= 11 is 6.34. The lowest BCUT2D eigenvalue weighted by atomic mass is 9.92. The van der Waals surface area contributed by atoms with Gasteiger partial charge in [-0.25, -0.2) is 0 Å². The maximum absolute atomic E-state index is 6.34. The zero-order chi connectivity index (χ0) is 13.1. The van der Waals surface area contributed by atoms with E-state index < -0.39 is 0 Å². The second-order valence-electron chi connectivity index (χ2n) is 5.16. The highest BCUT2D eigenvalue weighted by Gasteiger charge is 2.18. The van der Waals surface area contributed by atoms with Crippen LogP contribution < -0.4 is 10.1 Å². The molecule has 1 saturated heterocycles. The quantitative estimate of drug-likeness (QED) is 0.903. The predicted octanol–water partition coefficient (Wildman–Crippen LogP) is 3.65. The number of methoxy groups -OCH3 is 1. The molecular formula is C15H22ClNO. The molecule has 2 nitrogen and oxygen atoms in total. The molecule has 0 aromatic heterocycles. The molecule has 1 aliphatic heterocycles. The first-order valence-corrected chi connectivity index (χ1v) is 7.07. The second kappa shape index (κ2) is 5.94. The van der Waals surface area contributed by atoms with Crippen LogP contribution in [-0.2, 0) is 6.42 Å². The summed E-state index contributed by atoms with van der Waals surface area (Å²) in [7, 11) is 1.67. The van der Waals surface area contributed by atoms with Crippen LogP contribution in [0.15, 0.2) is 6.07 Å². The van der Waals surface area contributed by atoms with Crippen LogP contribution in [0.2, 0.25) is 5.02 Å². The van der Waals surface area contributed by atoms with Gasteiger partial charge in [0.1, 0.15) is 5.75 Å². The van der Waals surface area contributed by atoms with Crippen LogP contribution in [0, 0.1) is 13.8 Å². The highest BCUT2D eigenvalue weighted by molar-refractivity contribution is 6.33. The first-order valence-electron chi connectivity index (χ1n) is 6.69. The summed E-state index contributed by atoms with van der Waals surface area (Å²) in [5.74, 6) is 0.784. The van der Waals surface area contributed by atoms with Gasteiger partial charge in [-0.1, -0.05) is 18.0 Å². The van der Waals surface area contributed by atoms with Crippen LogP contribution in [0.1, 0.15) is 36.0 Å². The third kappa shape index (κ3) is 2.81. The first-order chi connectivity index (χ1) is 8.63. The lowest BCUT2D eigenvalue weighted by molar-refractivity contribution is 0.397. The first kappa shape index (κ1) is 13.7. The van der Waals surface area contributed by atoms with E-state index in [1.165, 1.54) is 36.0 Å². The van der Waals surface area contributed by atoms with Gasteiger partial charge >= 0.3 is 0 Å². The number of piperidine rings is 1. The van der Waals surface area contributed by atoms with Gasteiger partial charge in [0.25, 0.3) is 0 Å². The largest absolute Gasteiger partial charge is 0.495 e. The Kier molecular flexibility index (Phi) is 4.52. The van der Waals surface area contributed by atoms with Crippen molar-refractivity contribution in [3.63, 3.8) is 0 Å². The van der Waals surface area contributed by atoms with Crippen molar-refractivity contribution in [3.8, 4) is 5.75 Å². The van der Waals surface area contributed by atoms with Crippen molar-refractivity contribution in [2.45, 2.75) is 45.6 Å². The van der Waals surface area contributed by atoms with E-state index in [9.17, 15) is 0 Å². The third-order valence-electron chi connectivity index (χ3n) is 3.90. The predicted molar refractivity (Wildman–Crippen MR) is 76.8 cm³/mol. The van der Waals surface area contributed by atoms with E-state index in [2.05, 4.69) is 19.2 Å². The van der Waals surface area contributed by atoms with E-state index in [-0.39, 0.29) is 0 Å². The molecule has 0 saturated carbocycles. The van der Waals surface area contributed by atoms with Gasteiger partial charge in [0.2, 0.25) is 0 Å². The highest BCUT2D eigenvalue weighted by atomic mass is 35.5. The smallest absolute Gasteiger partial charge is 0.138 e. The molecule has 1 heterocycles.